The summed E-state index contributed by atoms with van der Waals surface area (Å²) in [6, 6.07) is 5.06. The molecule has 1 aromatic heterocycles. The summed E-state index contributed by atoms with van der Waals surface area (Å²) >= 11 is 0. The Bertz CT molecular complexity index is 613. The Morgan fingerprint density at radius 2 is 1.89 bits per heavy atom. The lowest BCUT2D eigenvalue weighted by Gasteiger charge is -2.04. The van der Waals surface area contributed by atoms with Crippen molar-refractivity contribution in [3.63, 3.8) is 0 Å². The van der Waals surface area contributed by atoms with Gasteiger partial charge in [-0.1, -0.05) is 0 Å². The zero-order valence-electron chi connectivity index (χ0n) is 10.2. The van der Waals surface area contributed by atoms with Gasteiger partial charge in [0.05, 0.1) is 11.0 Å². The highest BCUT2D eigenvalue weighted by atomic mass is 16.4. The van der Waals surface area contributed by atoms with Gasteiger partial charge < -0.3 is 10.4 Å². The number of fused-ring (bicyclic) bond motifs is 1. The summed E-state index contributed by atoms with van der Waals surface area (Å²) in [5.74, 6) is -1.10. The van der Waals surface area contributed by atoms with Crippen LogP contribution in [0.4, 0.5) is 0 Å². The molecule has 2 aromatic rings. The van der Waals surface area contributed by atoms with Crippen molar-refractivity contribution in [2.75, 3.05) is 6.54 Å². The van der Waals surface area contributed by atoms with Crippen LogP contribution in [0.1, 0.15) is 23.2 Å². The van der Waals surface area contributed by atoms with E-state index in [1.54, 1.807) is 30.6 Å². The average Bonchev–Trinajstić information content (AvgIpc) is 2.42. The Balaban J connectivity index is 1.99. The largest absolute Gasteiger partial charge is 0.481 e. The molecule has 1 amide bonds. The maximum Gasteiger partial charge on any atom is 0.303 e. The number of benzene rings is 1. The molecular weight excluding hydrogens is 246 g/mol. The van der Waals surface area contributed by atoms with E-state index in [2.05, 4.69) is 15.3 Å². The molecule has 2 rings (SSSR count). The molecular formula is C13H13N3O3. The average molecular weight is 259 g/mol. The molecule has 0 bridgehead atoms. The molecule has 0 saturated carbocycles. The van der Waals surface area contributed by atoms with Crippen molar-refractivity contribution < 1.29 is 14.7 Å². The normalized spacial score (nSPS) is 10.3. The van der Waals surface area contributed by atoms with E-state index < -0.39 is 5.97 Å². The van der Waals surface area contributed by atoms with Gasteiger partial charge in [0.25, 0.3) is 5.91 Å². The van der Waals surface area contributed by atoms with Crippen LogP contribution in [0.3, 0.4) is 0 Å². The van der Waals surface area contributed by atoms with Gasteiger partial charge in [-0.2, -0.15) is 0 Å². The predicted octanol–water partition coefficient (Wildman–Crippen LogP) is 1.22. The van der Waals surface area contributed by atoms with E-state index in [9.17, 15) is 9.59 Å². The summed E-state index contributed by atoms with van der Waals surface area (Å²) in [4.78, 5) is 30.4. The third-order valence-electron chi connectivity index (χ3n) is 2.58. The third-order valence-corrected chi connectivity index (χ3v) is 2.58. The smallest absolute Gasteiger partial charge is 0.303 e. The summed E-state index contributed by atoms with van der Waals surface area (Å²) < 4.78 is 0. The van der Waals surface area contributed by atoms with E-state index in [4.69, 9.17) is 5.11 Å². The minimum absolute atomic E-state index is 0.0451. The quantitative estimate of drug-likeness (QED) is 0.788. The van der Waals surface area contributed by atoms with Crippen LogP contribution in [0.25, 0.3) is 11.0 Å². The van der Waals surface area contributed by atoms with E-state index >= 15 is 0 Å². The van der Waals surface area contributed by atoms with E-state index in [0.29, 0.717) is 24.0 Å². The van der Waals surface area contributed by atoms with Crippen molar-refractivity contribution in [3.8, 4) is 0 Å². The molecule has 1 heterocycles. The highest BCUT2D eigenvalue weighted by Gasteiger charge is 2.07. The van der Waals surface area contributed by atoms with Gasteiger partial charge in [-0.15, -0.1) is 0 Å². The highest BCUT2D eigenvalue weighted by molar-refractivity contribution is 5.97. The van der Waals surface area contributed by atoms with Gasteiger partial charge in [0, 0.05) is 30.9 Å². The molecule has 0 atom stereocenters. The molecule has 19 heavy (non-hydrogen) atoms. The number of nitrogens with zero attached hydrogens (tertiary/aromatic N) is 2. The maximum absolute atomic E-state index is 11.8. The second-order valence-electron chi connectivity index (χ2n) is 4.01. The first kappa shape index (κ1) is 12.9. The van der Waals surface area contributed by atoms with Crippen molar-refractivity contribution in [1.29, 1.82) is 0 Å². The van der Waals surface area contributed by atoms with Crippen LogP contribution < -0.4 is 5.32 Å². The number of carbonyl (C=O) groups excluding carboxylic acids is 1. The number of nitrogens with one attached hydrogen (secondary N) is 1. The standard InChI is InChI=1S/C13H13N3O3/c17-12(18)2-1-5-16-13(19)9-3-4-10-11(8-9)15-7-6-14-10/h3-4,6-8H,1-2,5H2,(H,16,19)(H,17,18). The predicted molar refractivity (Wildman–Crippen MR) is 68.7 cm³/mol. The Morgan fingerprint density at radius 1 is 1.16 bits per heavy atom. The van der Waals surface area contributed by atoms with Crippen molar-refractivity contribution in [3.05, 3.63) is 36.2 Å². The van der Waals surface area contributed by atoms with Crippen molar-refractivity contribution in [2.45, 2.75) is 12.8 Å². The van der Waals surface area contributed by atoms with E-state index in [-0.39, 0.29) is 12.3 Å². The fourth-order valence-electron chi connectivity index (χ4n) is 1.65. The zero-order valence-corrected chi connectivity index (χ0v) is 10.2. The summed E-state index contributed by atoms with van der Waals surface area (Å²) in [7, 11) is 0. The number of amides is 1. The maximum atomic E-state index is 11.8. The second-order valence-corrected chi connectivity index (χ2v) is 4.01. The van der Waals surface area contributed by atoms with Crippen LogP contribution in [-0.4, -0.2) is 33.5 Å². The number of carboxylic acids is 1. The number of hydrogen-bond donors (Lipinski definition) is 2. The molecule has 0 fully saturated rings. The number of hydrogen-bond acceptors (Lipinski definition) is 4. The SMILES string of the molecule is O=C(O)CCCNC(=O)c1ccc2nccnc2c1. The van der Waals surface area contributed by atoms with Crippen molar-refractivity contribution >= 4 is 22.9 Å². The Kier molecular flexibility index (Phi) is 4.02. The van der Waals surface area contributed by atoms with E-state index in [0.717, 1.165) is 5.52 Å². The highest BCUT2D eigenvalue weighted by Crippen LogP contribution is 2.10. The summed E-state index contributed by atoms with van der Waals surface area (Å²) in [6.07, 6.45) is 3.61. The third kappa shape index (κ3) is 3.48. The molecule has 0 saturated heterocycles. The number of carboxylic acid groups (broad SMARTS) is 1. The number of carbonyl (C=O) groups is 2. The molecule has 2 N–H and O–H groups in total. The summed E-state index contributed by atoms with van der Waals surface area (Å²) in [6.45, 7) is 0.337. The number of aliphatic carboxylic acids is 1. The topological polar surface area (TPSA) is 92.2 Å². The fraction of sp³-hybridized carbons (Fsp3) is 0.231. The monoisotopic (exact) mass is 259 g/mol. The van der Waals surface area contributed by atoms with E-state index in [1.807, 2.05) is 0 Å². The van der Waals surface area contributed by atoms with Gasteiger partial charge in [-0.3, -0.25) is 19.6 Å². The van der Waals surface area contributed by atoms with Crippen LogP contribution in [0.5, 0.6) is 0 Å². The molecule has 0 aliphatic carbocycles. The molecule has 6 nitrogen and oxygen atoms in total. The molecule has 0 aliphatic heterocycles. The molecule has 1 aromatic carbocycles. The van der Waals surface area contributed by atoms with Gasteiger partial charge in [-0.25, -0.2) is 0 Å². The molecule has 98 valence electrons. The molecule has 0 spiro atoms. The van der Waals surface area contributed by atoms with Gasteiger partial charge in [0.1, 0.15) is 0 Å². The van der Waals surface area contributed by atoms with E-state index in [1.165, 1.54) is 0 Å². The zero-order chi connectivity index (χ0) is 13.7. The first-order chi connectivity index (χ1) is 9.16. The van der Waals surface area contributed by atoms with Crippen LogP contribution in [-0.2, 0) is 4.79 Å². The van der Waals surface area contributed by atoms with Gasteiger partial charge in [0.2, 0.25) is 0 Å². The molecule has 0 unspecified atom stereocenters. The minimum Gasteiger partial charge on any atom is -0.481 e. The minimum atomic E-state index is -0.866. The van der Waals surface area contributed by atoms with Crippen molar-refractivity contribution in [1.82, 2.24) is 15.3 Å². The molecule has 6 heteroatoms. The molecule has 0 radical (unpaired) electrons. The lowest BCUT2D eigenvalue weighted by atomic mass is 10.2. The second kappa shape index (κ2) is 5.90. The van der Waals surface area contributed by atoms with Crippen LogP contribution in [0, 0.1) is 0 Å². The lowest BCUT2D eigenvalue weighted by Crippen LogP contribution is -2.24. The first-order valence-electron chi connectivity index (χ1n) is 5.87. The van der Waals surface area contributed by atoms with Crippen molar-refractivity contribution in [2.24, 2.45) is 0 Å². The van der Waals surface area contributed by atoms with Gasteiger partial charge >= 0.3 is 5.97 Å². The van der Waals surface area contributed by atoms with Gasteiger partial charge in [0.15, 0.2) is 0 Å². The Morgan fingerprint density at radius 3 is 2.63 bits per heavy atom. The lowest BCUT2D eigenvalue weighted by molar-refractivity contribution is -0.137. The Hall–Kier alpha value is -2.50. The first-order valence-corrected chi connectivity index (χ1v) is 5.87. The van der Waals surface area contributed by atoms with Gasteiger partial charge in [-0.05, 0) is 24.6 Å². The summed E-state index contributed by atoms with van der Waals surface area (Å²) in [5, 5.41) is 11.2. The number of rotatable bonds is 5. The Labute approximate surface area is 109 Å². The summed E-state index contributed by atoms with van der Waals surface area (Å²) in [5.41, 5.74) is 1.87. The van der Waals surface area contributed by atoms with Crippen LogP contribution >= 0.6 is 0 Å². The number of aromatic nitrogens is 2. The van der Waals surface area contributed by atoms with Crippen LogP contribution in [0.2, 0.25) is 0 Å². The van der Waals surface area contributed by atoms with Crippen LogP contribution in [0.15, 0.2) is 30.6 Å². The molecule has 0 aliphatic rings. The fourth-order valence-corrected chi connectivity index (χ4v) is 1.65.